The molecule has 3 N–H and O–H groups in total. The van der Waals surface area contributed by atoms with Crippen LogP contribution in [0.4, 0.5) is 9.18 Å². The van der Waals surface area contributed by atoms with Crippen LogP contribution in [0.2, 0.25) is 10.0 Å². The van der Waals surface area contributed by atoms with Crippen LogP contribution in [0.5, 0.6) is 0 Å². The molecule has 0 spiro atoms. The Hall–Kier alpha value is -2.64. The summed E-state index contributed by atoms with van der Waals surface area (Å²) in [6.45, 7) is -0.203. The van der Waals surface area contributed by atoms with Crippen LogP contribution in [-0.4, -0.2) is 35.6 Å². The smallest absolute Gasteiger partial charge is 0.407 e. The number of halogens is 3. The fraction of sp³-hybridized carbons (Fsp3) is 0.208. The second-order valence-corrected chi connectivity index (χ2v) is 8.32. The van der Waals surface area contributed by atoms with Gasteiger partial charge in [0.1, 0.15) is 24.6 Å². The van der Waals surface area contributed by atoms with Crippen molar-refractivity contribution in [1.82, 2.24) is 5.32 Å². The lowest BCUT2D eigenvalue weighted by molar-refractivity contribution is 0.0184. The van der Waals surface area contributed by atoms with Crippen LogP contribution in [0, 0.1) is 5.82 Å². The number of hydrogen-bond donors (Lipinski definition) is 3. The molecule has 0 aliphatic heterocycles. The van der Waals surface area contributed by atoms with Gasteiger partial charge in [0.2, 0.25) is 0 Å². The Bertz CT molecular complexity index is 1110. The van der Waals surface area contributed by atoms with Crippen LogP contribution in [0.1, 0.15) is 28.7 Å². The number of rotatable bonds is 6. The van der Waals surface area contributed by atoms with Crippen LogP contribution >= 0.6 is 23.2 Å². The molecule has 1 aliphatic carbocycles. The Morgan fingerprint density at radius 3 is 2.22 bits per heavy atom. The number of fused-ring (bicyclic) bond motifs is 3. The molecule has 4 rings (SSSR count). The van der Waals surface area contributed by atoms with Crippen LogP contribution in [0.25, 0.3) is 11.1 Å². The van der Waals surface area contributed by atoms with Gasteiger partial charge < -0.3 is 20.3 Å². The molecule has 0 aromatic heterocycles. The summed E-state index contributed by atoms with van der Waals surface area (Å²) in [5.41, 5.74) is 4.36. The van der Waals surface area contributed by atoms with E-state index in [9.17, 15) is 19.4 Å². The number of aliphatic hydroxyl groups is 2. The molecule has 3 aromatic rings. The third-order valence-corrected chi connectivity index (χ3v) is 6.14. The van der Waals surface area contributed by atoms with Crippen LogP contribution in [0.15, 0.2) is 60.7 Å². The van der Waals surface area contributed by atoms with Crippen molar-refractivity contribution in [2.75, 3.05) is 13.2 Å². The van der Waals surface area contributed by atoms with Crippen molar-refractivity contribution in [2.24, 2.45) is 0 Å². The van der Waals surface area contributed by atoms with Gasteiger partial charge >= 0.3 is 6.09 Å². The van der Waals surface area contributed by atoms with Gasteiger partial charge in [0, 0.05) is 23.0 Å². The van der Waals surface area contributed by atoms with E-state index >= 15 is 0 Å². The number of nitrogens with one attached hydrogen (secondary N) is 1. The molecular weight excluding hydrogens is 456 g/mol. The average molecular weight is 476 g/mol. The zero-order valence-corrected chi connectivity index (χ0v) is 18.3. The molecule has 5 nitrogen and oxygen atoms in total. The molecule has 0 saturated carbocycles. The van der Waals surface area contributed by atoms with Crippen LogP contribution < -0.4 is 5.32 Å². The van der Waals surface area contributed by atoms with Crippen LogP contribution in [-0.2, 0) is 4.74 Å². The second-order valence-electron chi connectivity index (χ2n) is 7.51. The zero-order valence-electron chi connectivity index (χ0n) is 16.8. The molecule has 32 heavy (non-hydrogen) atoms. The molecular formula is C24H20Cl2FNO4. The van der Waals surface area contributed by atoms with E-state index in [-0.39, 0.29) is 34.7 Å². The minimum absolute atomic E-state index is 0.00379. The molecule has 2 unspecified atom stereocenters. The van der Waals surface area contributed by atoms with Crippen molar-refractivity contribution in [3.8, 4) is 11.1 Å². The molecule has 3 aromatic carbocycles. The Morgan fingerprint density at radius 1 is 1.00 bits per heavy atom. The van der Waals surface area contributed by atoms with E-state index in [1.54, 1.807) is 0 Å². The van der Waals surface area contributed by atoms with Gasteiger partial charge in [0.15, 0.2) is 0 Å². The fourth-order valence-electron chi connectivity index (χ4n) is 3.92. The number of alkyl carbamates (subject to hydrolysis) is 1. The van der Waals surface area contributed by atoms with Gasteiger partial charge in [-0.25, -0.2) is 9.18 Å². The number of hydrogen-bond acceptors (Lipinski definition) is 4. The number of aliphatic hydroxyl groups excluding tert-OH is 2. The number of carbonyl (C=O) groups is 1. The molecule has 0 bridgehead atoms. The first kappa shape index (κ1) is 22.6. The summed E-state index contributed by atoms with van der Waals surface area (Å²) >= 11 is 11.6. The maximum Gasteiger partial charge on any atom is 0.407 e. The molecule has 1 aliphatic rings. The van der Waals surface area contributed by atoms with Crippen molar-refractivity contribution in [1.29, 1.82) is 0 Å². The maximum absolute atomic E-state index is 13.7. The summed E-state index contributed by atoms with van der Waals surface area (Å²) < 4.78 is 19.1. The summed E-state index contributed by atoms with van der Waals surface area (Å²) in [6, 6.07) is 18.0. The lowest BCUT2D eigenvalue weighted by Crippen LogP contribution is -2.36. The lowest BCUT2D eigenvalue weighted by Gasteiger charge is -2.20. The summed E-state index contributed by atoms with van der Waals surface area (Å²) in [5, 5.41) is 22.7. The lowest BCUT2D eigenvalue weighted by atomic mass is 9.98. The Balaban J connectivity index is 1.35. The highest BCUT2D eigenvalue weighted by Crippen LogP contribution is 2.44. The molecule has 166 valence electrons. The monoisotopic (exact) mass is 475 g/mol. The minimum Gasteiger partial charge on any atom is -0.449 e. The predicted octanol–water partition coefficient (Wildman–Crippen LogP) is 5.07. The van der Waals surface area contributed by atoms with Gasteiger partial charge in [0.05, 0.1) is 5.02 Å². The predicted molar refractivity (Wildman–Crippen MR) is 120 cm³/mol. The van der Waals surface area contributed by atoms with Gasteiger partial charge in [-0.05, 0) is 34.4 Å². The first-order valence-electron chi connectivity index (χ1n) is 9.96. The topological polar surface area (TPSA) is 78.8 Å². The summed E-state index contributed by atoms with van der Waals surface area (Å²) in [6.07, 6.45) is -3.71. The molecule has 1 amide bonds. The normalized spacial score (nSPS) is 14.4. The highest BCUT2D eigenvalue weighted by molar-refractivity contribution is 6.35. The minimum atomic E-state index is -1.52. The van der Waals surface area contributed by atoms with E-state index in [4.69, 9.17) is 27.9 Å². The van der Waals surface area contributed by atoms with Crippen molar-refractivity contribution >= 4 is 29.3 Å². The standard InChI is InChI=1S/C24H20Cl2FNO4/c25-19-10-20(26)21(27)9-17(19)23(30)22(29)11-28-24(31)32-12-18-15-7-3-1-5-13(15)14-6-2-4-8-16(14)18/h1-10,18,22-23,29-30H,11-12H2,(H,28,31). The molecule has 0 saturated heterocycles. The van der Waals surface area contributed by atoms with Crippen molar-refractivity contribution in [3.05, 3.63) is 93.2 Å². The maximum atomic E-state index is 13.7. The van der Waals surface area contributed by atoms with Gasteiger partial charge in [0.25, 0.3) is 0 Å². The Morgan fingerprint density at radius 2 is 1.59 bits per heavy atom. The van der Waals surface area contributed by atoms with E-state index in [1.165, 1.54) is 0 Å². The van der Waals surface area contributed by atoms with E-state index in [2.05, 4.69) is 5.32 Å². The highest BCUT2D eigenvalue weighted by atomic mass is 35.5. The third kappa shape index (κ3) is 4.45. The van der Waals surface area contributed by atoms with Crippen molar-refractivity contribution < 1.29 is 24.1 Å². The van der Waals surface area contributed by atoms with Gasteiger partial charge in [-0.3, -0.25) is 0 Å². The van der Waals surface area contributed by atoms with E-state index < -0.39 is 24.1 Å². The largest absolute Gasteiger partial charge is 0.449 e. The SMILES string of the molecule is O=C(NCC(O)C(O)c1cc(F)c(Cl)cc1Cl)OCC1c2ccccc2-c2ccccc21. The van der Waals surface area contributed by atoms with Crippen molar-refractivity contribution in [3.63, 3.8) is 0 Å². The van der Waals surface area contributed by atoms with Crippen LogP contribution in [0.3, 0.4) is 0 Å². The quantitative estimate of drug-likeness (QED) is 0.435. The van der Waals surface area contributed by atoms with Crippen molar-refractivity contribution in [2.45, 2.75) is 18.1 Å². The Kier molecular flexibility index (Phi) is 6.67. The molecule has 0 fully saturated rings. The molecule has 8 heteroatoms. The number of ether oxygens (including phenoxy) is 1. The first-order valence-corrected chi connectivity index (χ1v) is 10.7. The number of carbonyl (C=O) groups excluding carboxylic acids is 1. The summed E-state index contributed by atoms with van der Waals surface area (Å²) in [4.78, 5) is 12.2. The number of benzene rings is 3. The summed E-state index contributed by atoms with van der Waals surface area (Å²) in [5.74, 6) is -0.874. The second kappa shape index (κ2) is 9.46. The molecule has 0 radical (unpaired) electrons. The zero-order chi connectivity index (χ0) is 22.8. The highest BCUT2D eigenvalue weighted by Gasteiger charge is 2.29. The third-order valence-electron chi connectivity index (χ3n) is 5.52. The van der Waals surface area contributed by atoms with E-state index in [1.807, 2.05) is 48.5 Å². The fourth-order valence-corrected chi connectivity index (χ4v) is 4.42. The molecule has 0 heterocycles. The van der Waals surface area contributed by atoms with E-state index in [0.29, 0.717) is 0 Å². The Labute approximate surface area is 194 Å². The summed E-state index contributed by atoms with van der Waals surface area (Å²) in [7, 11) is 0. The van der Waals surface area contributed by atoms with E-state index in [0.717, 1.165) is 34.4 Å². The molecule has 2 atom stereocenters. The number of amides is 1. The van der Waals surface area contributed by atoms with Gasteiger partial charge in [-0.15, -0.1) is 0 Å². The van der Waals surface area contributed by atoms with Gasteiger partial charge in [-0.2, -0.15) is 0 Å². The average Bonchev–Trinajstić information content (AvgIpc) is 3.11. The van der Waals surface area contributed by atoms with Gasteiger partial charge in [-0.1, -0.05) is 71.7 Å². The first-order chi connectivity index (χ1) is 15.4.